The topological polar surface area (TPSA) is 107 Å². The molecule has 0 amide bonds. The Morgan fingerprint density at radius 2 is 1.44 bits per heavy atom. The van der Waals surface area contributed by atoms with Gasteiger partial charge < -0.3 is 20.1 Å². The first-order chi connectivity index (χ1) is 7.49. The normalized spacial score (nSPS) is 42.7. The van der Waals surface area contributed by atoms with E-state index in [1.54, 1.807) is 0 Å². The number of aliphatic hydroxyl groups is 1. The molecule has 2 aliphatic rings. The van der Waals surface area contributed by atoms with E-state index in [1.165, 1.54) is 0 Å². The third kappa shape index (κ3) is 2.17. The first-order valence-corrected chi connectivity index (χ1v) is 5.28. The van der Waals surface area contributed by atoms with Gasteiger partial charge in [-0.25, -0.2) is 0 Å². The van der Waals surface area contributed by atoms with Gasteiger partial charge in [-0.2, -0.15) is 0 Å². The molecule has 1 heterocycles. The van der Waals surface area contributed by atoms with Crippen molar-refractivity contribution in [3.05, 3.63) is 0 Å². The quantitative estimate of drug-likeness (QED) is 0.584. The number of rotatable bonds is 3. The average Bonchev–Trinajstić information content (AvgIpc) is 2.94. The van der Waals surface area contributed by atoms with Crippen LogP contribution in [-0.2, 0) is 14.3 Å². The molecule has 4 unspecified atom stereocenters. The lowest BCUT2D eigenvalue weighted by Gasteiger charge is -2.29. The molecule has 4 atom stereocenters. The van der Waals surface area contributed by atoms with Crippen LogP contribution in [0.15, 0.2) is 0 Å². The van der Waals surface area contributed by atoms with Crippen LogP contribution in [0.1, 0.15) is 19.3 Å². The van der Waals surface area contributed by atoms with Crippen molar-refractivity contribution in [2.75, 3.05) is 0 Å². The molecule has 6 nitrogen and oxygen atoms in total. The number of aliphatic hydroxyl groups excluding tert-OH is 1. The van der Waals surface area contributed by atoms with Gasteiger partial charge in [-0.1, -0.05) is 0 Å². The van der Waals surface area contributed by atoms with Gasteiger partial charge in [0, 0.05) is 0 Å². The minimum absolute atomic E-state index is 0.161. The van der Waals surface area contributed by atoms with Gasteiger partial charge in [-0.05, 0) is 25.2 Å². The summed E-state index contributed by atoms with van der Waals surface area (Å²) in [4.78, 5) is 21.8. The summed E-state index contributed by atoms with van der Waals surface area (Å²) in [5.41, 5.74) is 0. The number of carboxylic acids is 2. The second-order valence-electron chi connectivity index (χ2n) is 4.53. The maximum atomic E-state index is 10.9. The van der Waals surface area contributed by atoms with E-state index >= 15 is 0 Å². The fourth-order valence-corrected chi connectivity index (χ4v) is 2.49. The SMILES string of the molecule is O=C(O)C1CC(C(=O)O)CC(C2OC2O)C1. The van der Waals surface area contributed by atoms with E-state index in [2.05, 4.69) is 0 Å². The van der Waals surface area contributed by atoms with Crippen molar-refractivity contribution in [3.63, 3.8) is 0 Å². The molecule has 0 aromatic carbocycles. The number of aliphatic carboxylic acids is 2. The number of carboxylic acid groups (broad SMARTS) is 2. The van der Waals surface area contributed by atoms with Crippen molar-refractivity contribution in [3.8, 4) is 0 Å². The van der Waals surface area contributed by atoms with Crippen LogP contribution >= 0.6 is 0 Å². The van der Waals surface area contributed by atoms with Gasteiger partial charge in [0.15, 0.2) is 6.29 Å². The maximum absolute atomic E-state index is 10.9. The van der Waals surface area contributed by atoms with Gasteiger partial charge in [0.1, 0.15) is 6.10 Å². The van der Waals surface area contributed by atoms with Crippen LogP contribution in [0.5, 0.6) is 0 Å². The van der Waals surface area contributed by atoms with Crippen LogP contribution in [0.25, 0.3) is 0 Å². The van der Waals surface area contributed by atoms with E-state index in [0.29, 0.717) is 12.8 Å². The lowest BCUT2D eigenvalue weighted by Crippen LogP contribution is -2.34. The molecule has 1 saturated heterocycles. The van der Waals surface area contributed by atoms with E-state index in [-0.39, 0.29) is 18.4 Å². The Hall–Kier alpha value is -1.14. The predicted octanol–water partition coefficient (Wildman–Crippen LogP) is -0.0947. The molecule has 0 spiro atoms. The van der Waals surface area contributed by atoms with Gasteiger partial charge in [-0.15, -0.1) is 0 Å². The fourth-order valence-electron chi connectivity index (χ4n) is 2.49. The van der Waals surface area contributed by atoms with Crippen LogP contribution in [-0.4, -0.2) is 39.7 Å². The molecule has 90 valence electrons. The third-order valence-corrected chi connectivity index (χ3v) is 3.41. The Labute approximate surface area is 91.8 Å². The monoisotopic (exact) mass is 230 g/mol. The Morgan fingerprint density at radius 1 is 1.00 bits per heavy atom. The Balaban J connectivity index is 2.04. The average molecular weight is 230 g/mol. The van der Waals surface area contributed by atoms with Gasteiger partial charge in [0.2, 0.25) is 0 Å². The van der Waals surface area contributed by atoms with Crippen LogP contribution < -0.4 is 0 Å². The number of ether oxygens (including phenoxy) is 1. The molecule has 0 bridgehead atoms. The molecule has 0 radical (unpaired) electrons. The van der Waals surface area contributed by atoms with Crippen LogP contribution in [0.2, 0.25) is 0 Å². The fraction of sp³-hybridized carbons (Fsp3) is 0.800. The van der Waals surface area contributed by atoms with Crippen molar-refractivity contribution in [1.82, 2.24) is 0 Å². The molecule has 16 heavy (non-hydrogen) atoms. The minimum atomic E-state index is -0.967. The second kappa shape index (κ2) is 4.03. The molecule has 2 fully saturated rings. The van der Waals surface area contributed by atoms with Crippen molar-refractivity contribution in [2.24, 2.45) is 17.8 Å². The number of epoxide rings is 1. The van der Waals surface area contributed by atoms with Crippen molar-refractivity contribution < 1.29 is 29.6 Å². The lowest BCUT2D eigenvalue weighted by molar-refractivity contribution is -0.149. The summed E-state index contributed by atoms with van der Waals surface area (Å²) in [5.74, 6) is -3.38. The van der Waals surface area contributed by atoms with Gasteiger partial charge in [-0.3, -0.25) is 9.59 Å². The van der Waals surface area contributed by atoms with E-state index in [4.69, 9.17) is 20.1 Å². The standard InChI is InChI=1S/C10H14O6/c11-8(12)5-1-4(7-10(15)16-7)2-6(3-5)9(13)14/h4-7,10,15H,1-3H2,(H,11,12)(H,13,14). The summed E-state index contributed by atoms with van der Waals surface area (Å²) in [5, 5.41) is 27.0. The largest absolute Gasteiger partial charge is 0.481 e. The summed E-state index contributed by atoms with van der Waals surface area (Å²) in [6, 6.07) is 0. The maximum Gasteiger partial charge on any atom is 0.306 e. The lowest BCUT2D eigenvalue weighted by atomic mass is 9.74. The summed E-state index contributed by atoms with van der Waals surface area (Å²) >= 11 is 0. The molecule has 1 saturated carbocycles. The molecule has 3 N–H and O–H groups in total. The van der Waals surface area contributed by atoms with Crippen LogP contribution in [0.4, 0.5) is 0 Å². The van der Waals surface area contributed by atoms with E-state index in [1.807, 2.05) is 0 Å². The Kier molecular flexibility index (Phi) is 2.86. The zero-order chi connectivity index (χ0) is 11.9. The van der Waals surface area contributed by atoms with Gasteiger partial charge in [0.05, 0.1) is 11.8 Å². The second-order valence-corrected chi connectivity index (χ2v) is 4.53. The predicted molar refractivity (Wildman–Crippen MR) is 50.5 cm³/mol. The highest BCUT2D eigenvalue weighted by molar-refractivity contribution is 5.74. The number of hydrogen-bond acceptors (Lipinski definition) is 4. The van der Waals surface area contributed by atoms with E-state index in [0.717, 1.165) is 0 Å². The van der Waals surface area contributed by atoms with Crippen LogP contribution in [0, 0.1) is 17.8 Å². The zero-order valence-corrected chi connectivity index (χ0v) is 8.57. The highest BCUT2D eigenvalue weighted by atomic mass is 16.7. The first kappa shape index (κ1) is 11.3. The van der Waals surface area contributed by atoms with Crippen molar-refractivity contribution >= 4 is 11.9 Å². The van der Waals surface area contributed by atoms with Gasteiger partial charge in [0.25, 0.3) is 0 Å². The summed E-state index contributed by atoms with van der Waals surface area (Å²) in [6.45, 7) is 0. The van der Waals surface area contributed by atoms with Crippen molar-refractivity contribution in [2.45, 2.75) is 31.7 Å². The zero-order valence-electron chi connectivity index (χ0n) is 8.57. The highest BCUT2D eigenvalue weighted by Crippen LogP contribution is 2.42. The molecule has 6 heteroatoms. The molecule has 1 aliphatic carbocycles. The molecule has 2 rings (SSSR count). The first-order valence-electron chi connectivity index (χ1n) is 5.28. The summed E-state index contributed by atoms with van der Waals surface area (Å²) < 4.78 is 4.88. The molecule has 1 aliphatic heterocycles. The summed E-state index contributed by atoms with van der Waals surface area (Å²) in [7, 11) is 0. The van der Waals surface area contributed by atoms with Crippen molar-refractivity contribution in [1.29, 1.82) is 0 Å². The van der Waals surface area contributed by atoms with E-state index < -0.39 is 30.1 Å². The van der Waals surface area contributed by atoms with E-state index in [9.17, 15) is 9.59 Å². The summed E-state index contributed by atoms with van der Waals surface area (Å²) in [6.07, 6.45) is -0.262. The molecular formula is C10H14O6. The number of carbonyl (C=O) groups is 2. The van der Waals surface area contributed by atoms with Gasteiger partial charge >= 0.3 is 11.9 Å². The molecule has 0 aromatic heterocycles. The Bertz CT molecular complexity index is 292. The smallest absolute Gasteiger partial charge is 0.306 e. The number of hydrogen-bond donors (Lipinski definition) is 3. The van der Waals surface area contributed by atoms with Crippen LogP contribution in [0.3, 0.4) is 0 Å². The molecular weight excluding hydrogens is 216 g/mol. The third-order valence-electron chi connectivity index (χ3n) is 3.41. The Morgan fingerprint density at radius 3 is 1.75 bits per heavy atom. The molecule has 0 aromatic rings. The highest BCUT2D eigenvalue weighted by Gasteiger charge is 2.49. The minimum Gasteiger partial charge on any atom is -0.481 e.